The topological polar surface area (TPSA) is 86.8 Å². The summed E-state index contributed by atoms with van der Waals surface area (Å²) in [5, 5.41) is 3.31. The van der Waals surface area contributed by atoms with Crippen molar-refractivity contribution in [3.63, 3.8) is 0 Å². The molecule has 2 atom stereocenters. The Morgan fingerprint density at radius 3 is 2.29 bits per heavy atom. The third kappa shape index (κ3) is 7.89. The third-order valence-corrected chi connectivity index (χ3v) is 7.19. The third-order valence-electron chi connectivity index (χ3n) is 5.51. The van der Waals surface area contributed by atoms with Crippen LogP contribution in [-0.2, 0) is 26.0 Å². The van der Waals surface area contributed by atoms with Crippen molar-refractivity contribution in [2.24, 2.45) is 0 Å². The molecule has 2 aromatic rings. The molecule has 1 N–H and O–H groups in total. The molecule has 0 fully saturated rings. The summed E-state index contributed by atoms with van der Waals surface area (Å²) in [5.41, 5.74) is 1.09. The van der Waals surface area contributed by atoms with Gasteiger partial charge in [0.05, 0.1) is 17.0 Å². The summed E-state index contributed by atoms with van der Waals surface area (Å²) in [6.07, 6.45) is 2.24. The van der Waals surface area contributed by atoms with Crippen LogP contribution in [0.4, 0.5) is 5.69 Å². The maximum absolute atomic E-state index is 13.5. The van der Waals surface area contributed by atoms with Gasteiger partial charge in [-0.2, -0.15) is 0 Å². The van der Waals surface area contributed by atoms with E-state index in [4.69, 9.17) is 23.2 Å². The molecule has 0 heterocycles. The lowest BCUT2D eigenvalue weighted by molar-refractivity contribution is -0.139. The van der Waals surface area contributed by atoms with E-state index in [1.807, 2.05) is 44.2 Å². The van der Waals surface area contributed by atoms with Crippen LogP contribution in [0.5, 0.6) is 0 Å². The molecule has 2 amide bonds. The Hall–Kier alpha value is -2.29. The zero-order valence-electron chi connectivity index (χ0n) is 19.8. The van der Waals surface area contributed by atoms with E-state index in [9.17, 15) is 18.0 Å². The summed E-state index contributed by atoms with van der Waals surface area (Å²) in [5.74, 6) is -0.827. The van der Waals surface area contributed by atoms with Gasteiger partial charge >= 0.3 is 0 Å². The van der Waals surface area contributed by atoms with Crippen molar-refractivity contribution in [2.75, 3.05) is 23.7 Å². The predicted octanol–water partition coefficient (Wildman–Crippen LogP) is 4.13. The summed E-state index contributed by atoms with van der Waals surface area (Å²) < 4.78 is 26.1. The predicted molar refractivity (Wildman–Crippen MR) is 138 cm³/mol. The number of hydrogen-bond acceptors (Lipinski definition) is 4. The summed E-state index contributed by atoms with van der Waals surface area (Å²) in [6.45, 7) is 5.19. The Kier molecular flexibility index (Phi) is 10.2. The second-order valence-corrected chi connectivity index (χ2v) is 10.9. The van der Waals surface area contributed by atoms with Crippen molar-refractivity contribution in [3.8, 4) is 0 Å². The number of hydrogen-bond donors (Lipinski definition) is 1. The Balaban J connectivity index is 2.35. The molecule has 0 aliphatic heterocycles. The van der Waals surface area contributed by atoms with Gasteiger partial charge in [-0.05, 0) is 50.5 Å². The summed E-state index contributed by atoms with van der Waals surface area (Å²) in [6, 6.07) is 13.1. The van der Waals surface area contributed by atoms with Gasteiger partial charge < -0.3 is 10.2 Å². The van der Waals surface area contributed by atoms with Crippen molar-refractivity contribution in [2.45, 2.75) is 45.7 Å². The molecule has 2 rings (SSSR count). The van der Waals surface area contributed by atoms with Gasteiger partial charge in [-0.3, -0.25) is 13.9 Å². The van der Waals surface area contributed by atoms with E-state index in [1.54, 1.807) is 6.92 Å². The zero-order valence-corrected chi connectivity index (χ0v) is 22.1. The molecule has 34 heavy (non-hydrogen) atoms. The molecular weight excluding hydrogens is 497 g/mol. The van der Waals surface area contributed by atoms with E-state index < -0.39 is 28.5 Å². The highest BCUT2D eigenvalue weighted by Crippen LogP contribution is 2.30. The molecule has 0 aliphatic carbocycles. The maximum Gasteiger partial charge on any atom is 0.244 e. The van der Waals surface area contributed by atoms with Gasteiger partial charge in [0, 0.05) is 17.6 Å². The fourth-order valence-electron chi connectivity index (χ4n) is 3.31. The Bertz CT molecular complexity index is 1100. The molecule has 7 nitrogen and oxygen atoms in total. The second kappa shape index (κ2) is 12.4. The Morgan fingerprint density at radius 2 is 1.71 bits per heavy atom. The molecule has 10 heteroatoms. The van der Waals surface area contributed by atoms with Crippen molar-refractivity contribution in [3.05, 3.63) is 64.1 Å². The minimum Gasteiger partial charge on any atom is -0.352 e. The van der Waals surface area contributed by atoms with Crippen molar-refractivity contribution in [1.29, 1.82) is 0 Å². The van der Waals surface area contributed by atoms with Crippen LogP contribution in [0.3, 0.4) is 0 Å². The minimum absolute atomic E-state index is 0.0567. The molecule has 186 valence electrons. The summed E-state index contributed by atoms with van der Waals surface area (Å²) >= 11 is 12.3. The van der Waals surface area contributed by atoms with Gasteiger partial charge in [0.2, 0.25) is 21.8 Å². The van der Waals surface area contributed by atoms with E-state index in [2.05, 4.69) is 5.32 Å². The first-order chi connectivity index (χ1) is 15.9. The molecule has 0 unspecified atom stereocenters. The van der Waals surface area contributed by atoms with Gasteiger partial charge in [-0.15, -0.1) is 0 Å². The molecule has 0 aliphatic rings. The zero-order chi connectivity index (χ0) is 25.5. The quantitative estimate of drug-likeness (QED) is 0.475. The number of carbonyl (C=O) groups is 2. The van der Waals surface area contributed by atoms with Crippen LogP contribution < -0.4 is 9.62 Å². The first kappa shape index (κ1) is 28.0. The smallest absolute Gasteiger partial charge is 0.244 e. The average molecular weight is 529 g/mol. The molecule has 0 bridgehead atoms. The van der Waals surface area contributed by atoms with Gasteiger partial charge in [0.15, 0.2) is 0 Å². The van der Waals surface area contributed by atoms with Crippen LogP contribution in [0.15, 0.2) is 48.5 Å². The monoisotopic (exact) mass is 527 g/mol. The number of sulfonamides is 1. The Labute approximate surface area is 212 Å². The highest BCUT2D eigenvalue weighted by Gasteiger charge is 2.31. The SMILES string of the molecule is CC[C@@H](C)NC(=O)[C@H](C)N(CCc1ccccc1)C(=O)CN(c1cc(Cl)ccc1Cl)S(C)(=O)=O. The fourth-order valence-corrected chi connectivity index (χ4v) is 4.60. The molecule has 0 saturated carbocycles. The number of amides is 2. The van der Waals surface area contributed by atoms with Gasteiger partial charge in [0.1, 0.15) is 12.6 Å². The number of anilines is 1. The van der Waals surface area contributed by atoms with Crippen molar-refractivity contribution < 1.29 is 18.0 Å². The first-order valence-corrected chi connectivity index (χ1v) is 13.6. The van der Waals surface area contributed by atoms with E-state index in [-0.39, 0.29) is 34.2 Å². The van der Waals surface area contributed by atoms with Crippen LogP contribution in [0, 0.1) is 0 Å². The first-order valence-electron chi connectivity index (χ1n) is 11.0. The number of halogens is 2. The van der Waals surface area contributed by atoms with Crippen LogP contribution in [-0.4, -0.2) is 56.6 Å². The Morgan fingerprint density at radius 1 is 1.06 bits per heavy atom. The molecule has 0 spiro atoms. The number of nitrogens with one attached hydrogen (secondary N) is 1. The second-order valence-electron chi connectivity index (χ2n) is 8.18. The molecular formula is C24H31Cl2N3O4S. The average Bonchev–Trinajstić information content (AvgIpc) is 2.79. The molecule has 0 saturated heterocycles. The van der Waals surface area contributed by atoms with Crippen molar-refractivity contribution in [1.82, 2.24) is 10.2 Å². The highest BCUT2D eigenvalue weighted by molar-refractivity contribution is 7.92. The normalized spacial score (nSPS) is 13.1. The maximum atomic E-state index is 13.5. The molecule has 0 radical (unpaired) electrons. The molecule has 0 aromatic heterocycles. The van der Waals surface area contributed by atoms with E-state index >= 15 is 0 Å². The van der Waals surface area contributed by atoms with E-state index in [0.717, 1.165) is 22.5 Å². The minimum atomic E-state index is -3.88. The van der Waals surface area contributed by atoms with E-state index in [0.29, 0.717) is 6.42 Å². The van der Waals surface area contributed by atoms with Crippen molar-refractivity contribution >= 4 is 50.7 Å². The van der Waals surface area contributed by atoms with Crippen LogP contribution in [0.1, 0.15) is 32.8 Å². The highest BCUT2D eigenvalue weighted by atomic mass is 35.5. The molecule has 2 aromatic carbocycles. The van der Waals surface area contributed by atoms with Crippen LogP contribution >= 0.6 is 23.2 Å². The fraction of sp³-hybridized carbons (Fsp3) is 0.417. The van der Waals surface area contributed by atoms with Gasteiger partial charge in [-0.1, -0.05) is 60.5 Å². The van der Waals surface area contributed by atoms with Gasteiger partial charge in [-0.25, -0.2) is 8.42 Å². The number of carbonyl (C=O) groups excluding carboxylic acids is 2. The van der Waals surface area contributed by atoms with E-state index in [1.165, 1.54) is 23.1 Å². The lowest BCUT2D eigenvalue weighted by Crippen LogP contribution is -2.53. The van der Waals surface area contributed by atoms with Crippen LogP contribution in [0.2, 0.25) is 10.0 Å². The largest absolute Gasteiger partial charge is 0.352 e. The number of rotatable bonds is 11. The lowest BCUT2D eigenvalue weighted by atomic mass is 10.1. The standard InChI is InChI=1S/C24H31Cl2N3O4S/c1-5-17(2)27-24(31)18(3)28(14-13-19-9-7-6-8-10-19)23(30)16-29(34(4,32)33)22-15-20(25)11-12-21(22)26/h6-12,15,17-18H,5,13-14,16H2,1-4H3,(H,27,31)/t17-,18+/m1/s1. The lowest BCUT2D eigenvalue weighted by Gasteiger charge is -2.32. The summed E-state index contributed by atoms with van der Waals surface area (Å²) in [4.78, 5) is 27.7. The van der Waals surface area contributed by atoms with Crippen LogP contribution in [0.25, 0.3) is 0 Å². The number of nitrogens with zero attached hydrogens (tertiary/aromatic N) is 2. The number of benzene rings is 2. The summed E-state index contributed by atoms with van der Waals surface area (Å²) in [7, 11) is -3.88. The van der Waals surface area contributed by atoms with Gasteiger partial charge in [0.25, 0.3) is 0 Å².